The molecule has 27 heavy (non-hydrogen) atoms. The molecule has 1 heterocycles. The molecule has 5 nitrogen and oxygen atoms in total. The Morgan fingerprint density at radius 1 is 1.11 bits per heavy atom. The number of hydrogen-bond donors (Lipinski definition) is 2. The van der Waals surface area contributed by atoms with Crippen molar-refractivity contribution in [3.05, 3.63) is 29.8 Å². The second kappa shape index (κ2) is 12.0. The normalized spacial score (nSPS) is 17.8. The van der Waals surface area contributed by atoms with Gasteiger partial charge < -0.3 is 16.0 Å². The molecule has 0 aromatic heterocycles. The van der Waals surface area contributed by atoms with Gasteiger partial charge in [-0.25, -0.2) is 0 Å². The van der Waals surface area contributed by atoms with Crippen LogP contribution in [0.3, 0.4) is 0 Å². The molecule has 1 saturated carbocycles. The third kappa shape index (κ3) is 7.66. The molecule has 3 rings (SSSR count). The summed E-state index contributed by atoms with van der Waals surface area (Å²) >= 11 is 0. The number of aryl methyl sites for hydroxylation is 1. The molecule has 1 aliphatic carbocycles. The maximum absolute atomic E-state index is 11.7. The Morgan fingerprint density at radius 2 is 1.78 bits per heavy atom. The van der Waals surface area contributed by atoms with Crippen molar-refractivity contribution in [2.24, 2.45) is 5.73 Å². The van der Waals surface area contributed by atoms with Crippen LogP contribution in [0.5, 0.6) is 0 Å². The largest absolute Gasteiger partial charge is 0.369 e. The fourth-order valence-electron chi connectivity index (χ4n) is 3.25. The maximum atomic E-state index is 11.7. The highest BCUT2D eigenvalue weighted by atomic mass is 35.5. The number of nitrogens with zero attached hydrogens (tertiary/aromatic N) is 2. The number of nitrogens with two attached hydrogens (primary N) is 1. The van der Waals surface area contributed by atoms with Gasteiger partial charge in [0.25, 0.3) is 0 Å². The van der Waals surface area contributed by atoms with Gasteiger partial charge in [-0.2, -0.15) is 0 Å². The van der Waals surface area contributed by atoms with Crippen LogP contribution in [0, 0.1) is 6.92 Å². The fraction of sp³-hybridized carbons (Fsp3) is 0.632. The van der Waals surface area contributed by atoms with Gasteiger partial charge in [0.1, 0.15) is 0 Å². The number of amides is 1. The number of halogens is 3. The second-order valence-corrected chi connectivity index (χ2v) is 7.29. The van der Waals surface area contributed by atoms with E-state index in [0.717, 1.165) is 65.0 Å². The van der Waals surface area contributed by atoms with Crippen LogP contribution in [0.1, 0.15) is 31.2 Å². The highest BCUT2D eigenvalue weighted by molar-refractivity contribution is 5.88. The van der Waals surface area contributed by atoms with Crippen molar-refractivity contribution in [2.75, 3.05) is 44.2 Å². The average Bonchev–Trinajstić information content (AvgIpc) is 3.34. The summed E-state index contributed by atoms with van der Waals surface area (Å²) in [4.78, 5) is 16.7. The van der Waals surface area contributed by atoms with E-state index < -0.39 is 5.54 Å². The first-order valence-corrected chi connectivity index (χ1v) is 9.18. The molecule has 1 aromatic rings. The van der Waals surface area contributed by atoms with E-state index in [1.165, 1.54) is 11.3 Å². The topological polar surface area (TPSA) is 61.6 Å². The van der Waals surface area contributed by atoms with Crippen molar-refractivity contribution in [1.29, 1.82) is 0 Å². The minimum absolute atomic E-state index is 0. The number of rotatable bonds is 7. The van der Waals surface area contributed by atoms with Crippen LogP contribution in [-0.4, -0.2) is 55.6 Å². The second-order valence-electron chi connectivity index (χ2n) is 7.29. The van der Waals surface area contributed by atoms with Crippen molar-refractivity contribution in [2.45, 2.75) is 38.1 Å². The number of unbranched alkanes of at least 4 members (excludes halogenated alkanes) is 1. The van der Waals surface area contributed by atoms with Crippen LogP contribution in [-0.2, 0) is 4.79 Å². The quantitative estimate of drug-likeness (QED) is 0.641. The summed E-state index contributed by atoms with van der Waals surface area (Å²) in [7, 11) is 0. The number of hydrogen-bond acceptors (Lipinski definition) is 4. The monoisotopic (exact) mass is 438 g/mol. The Labute approximate surface area is 181 Å². The lowest BCUT2D eigenvalue weighted by Gasteiger charge is -2.36. The summed E-state index contributed by atoms with van der Waals surface area (Å²) in [5.74, 6) is 0.0364. The third-order valence-corrected chi connectivity index (χ3v) is 5.17. The Balaban J connectivity index is 0.00000225. The lowest BCUT2D eigenvalue weighted by Crippen LogP contribution is -2.46. The van der Waals surface area contributed by atoms with Crippen LogP contribution < -0.4 is 16.0 Å². The predicted molar refractivity (Wildman–Crippen MR) is 120 cm³/mol. The summed E-state index contributed by atoms with van der Waals surface area (Å²) in [6.45, 7) is 8.44. The van der Waals surface area contributed by atoms with E-state index in [9.17, 15) is 4.79 Å². The lowest BCUT2D eigenvalue weighted by molar-refractivity contribution is -0.123. The van der Waals surface area contributed by atoms with Crippen LogP contribution >= 0.6 is 37.2 Å². The van der Waals surface area contributed by atoms with Gasteiger partial charge in [0.15, 0.2) is 0 Å². The minimum atomic E-state index is -0.536. The van der Waals surface area contributed by atoms with Crippen LogP contribution in [0.4, 0.5) is 5.69 Å². The maximum Gasteiger partial charge on any atom is 0.240 e. The van der Waals surface area contributed by atoms with Gasteiger partial charge >= 0.3 is 0 Å². The molecular formula is C19H33Cl3N4O. The van der Waals surface area contributed by atoms with Crippen LogP contribution in [0.2, 0.25) is 0 Å². The molecule has 1 aliphatic heterocycles. The fourth-order valence-corrected chi connectivity index (χ4v) is 3.25. The number of carbonyl (C=O) groups is 1. The molecule has 0 unspecified atom stereocenters. The van der Waals surface area contributed by atoms with Gasteiger partial charge in [0, 0.05) is 38.4 Å². The van der Waals surface area contributed by atoms with E-state index in [2.05, 4.69) is 46.3 Å². The van der Waals surface area contributed by atoms with Crippen molar-refractivity contribution >= 4 is 48.8 Å². The number of nitrogens with one attached hydrogen (secondary N) is 1. The molecule has 1 aromatic carbocycles. The van der Waals surface area contributed by atoms with E-state index in [4.69, 9.17) is 5.73 Å². The van der Waals surface area contributed by atoms with Gasteiger partial charge in [-0.05, 0) is 56.8 Å². The Hall–Kier alpha value is -0.720. The summed E-state index contributed by atoms with van der Waals surface area (Å²) in [5, 5.41) is 2.97. The molecule has 0 spiro atoms. The van der Waals surface area contributed by atoms with Gasteiger partial charge in [-0.3, -0.25) is 9.69 Å². The summed E-state index contributed by atoms with van der Waals surface area (Å²) in [6, 6.07) is 8.75. The van der Waals surface area contributed by atoms with E-state index in [1.54, 1.807) is 0 Å². The molecule has 0 radical (unpaired) electrons. The molecule has 8 heteroatoms. The van der Waals surface area contributed by atoms with Crippen LogP contribution in [0.15, 0.2) is 24.3 Å². The van der Waals surface area contributed by atoms with Gasteiger partial charge in [0.05, 0.1) is 5.54 Å². The standard InChI is InChI=1S/C19H30N4O.3ClH/c1-16-5-4-6-17(15-16)23-13-11-22(12-14-23)10-3-2-9-21-18(24)19(20)7-8-19;;;/h4-6,15H,2-3,7-14,20H2,1H3,(H,21,24);3*1H. The van der Waals surface area contributed by atoms with Gasteiger partial charge in [-0.1, -0.05) is 12.1 Å². The highest BCUT2D eigenvalue weighted by Gasteiger charge is 2.45. The molecule has 156 valence electrons. The number of anilines is 1. The van der Waals surface area contributed by atoms with E-state index in [0.29, 0.717) is 0 Å². The minimum Gasteiger partial charge on any atom is -0.369 e. The molecule has 2 fully saturated rings. The molecule has 0 bridgehead atoms. The molecule has 3 N–H and O–H groups in total. The van der Waals surface area contributed by atoms with E-state index >= 15 is 0 Å². The van der Waals surface area contributed by atoms with Crippen molar-refractivity contribution in [3.63, 3.8) is 0 Å². The van der Waals surface area contributed by atoms with Gasteiger partial charge in [0.2, 0.25) is 5.91 Å². The molecule has 1 amide bonds. The van der Waals surface area contributed by atoms with E-state index in [1.807, 2.05) is 0 Å². The zero-order valence-corrected chi connectivity index (χ0v) is 18.4. The smallest absolute Gasteiger partial charge is 0.240 e. The summed E-state index contributed by atoms with van der Waals surface area (Å²) in [6.07, 6.45) is 3.83. The number of carbonyl (C=O) groups excluding carboxylic acids is 1. The first kappa shape index (κ1) is 26.3. The van der Waals surface area contributed by atoms with Crippen molar-refractivity contribution in [1.82, 2.24) is 10.2 Å². The number of piperazine rings is 1. The summed E-state index contributed by atoms with van der Waals surface area (Å²) in [5.41, 5.74) is 7.99. The first-order valence-electron chi connectivity index (χ1n) is 9.18. The van der Waals surface area contributed by atoms with Crippen molar-refractivity contribution < 1.29 is 4.79 Å². The SMILES string of the molecule is Cc1cccc(N2CCN(CCCCNC(=O)C3(N)CC3)CC2)c1.Cl.Cl.Cl. The van der Waals surface area contributed by atoms with Gasteiger partial charge in [-0.15, -0.1) is 37.2 Å². The third-order valence-electron chi connectivity index (χ3n) is 5.17. The molecule has 2 aliphatic rings. The Morgan fingerprint density at radius 3 is 2.37 bits per heavy atom. The van der Waals surface area contributed by atoms with E-state index in [-0.39, 0.29) is 43.1 Å². The number of benzene rings is 1. The summed E-state index contributed by atoms with van der Waals surface area (Å²) < 4.78 is 0. The Bertz CT molecular complexity index is 576. The lowest BCUT2D eigenvalue weighted by atomic mass is 10.2. The molecular weight excluding hydrogens is 407 g/mol. The highest BCUT2D eigenvalue weighted by Crippen LogP contribution is 2.31. The zero-order valence-electron chi connectivity index (χ0n) is 16.0. The Kier molecular flexibility index (Phi) is 11.7. The first-order chi connectivity index (χ1) is 11.6. The van der Waals surface area contributed by atoms with Crippen LogP contribution in [0.25, 0.3) is 0 Å². The van der Waals surface area contributed by atoms with Crippen molar-refractivity contribution in [3.8, 4) is 0 Å². The predicted octanol–water partition coefficient (Wildman–Crippen LogP) is 2.77. The molecule has 0 atom stereocenters. The average molecular weight is 440 g/mol. The molecule has 1 saturated heterocycles. The zero-order chi connectivity index (χ0) is 17.0.